The van der Waals surface area contributed by atoms with Crippen molar-refractivity contribution in [2.45, 2.75) is 19.5 Å². The quantitative estimate of drug-likeness (QED) is 0.622. The van der Waals surface area contributed by atoms with E-state index < -0.39 is 34.2 Å². The molecule has 0 fully saturated rings. The maximum Gasteiger partial charge on any atom is 0.416 e. The van der Waals surface area contributed by atoms with Crippen LogP contribution in [0.3, 0.4) is 0 Å². The molecule has 1 aromatic carbocycles. The van der Waals surface area contributed by atoms with Crippen LogP contribution in [0, 0.1) is 16.0 Å². The number of benzene rings is 1. The zero-order chi connectivity index (χ0) is 16.2. The third-order valence-electron chi connectivity index (χ3n) is 2.84. The number of hydrogen-bond donors (Lipinski definition) is 2. The number of hydrogen-bond acceptors (Lipinski definition) is 4. The van der Waals surface area contributed by atoms with Crippen LogP contribution >= 0.6 is 0 Å². The van der Waals surface area contributed by atoms with Gasteiger partial charge in [-0.15, -0.1) is 0 Å². The molecular weight excluding hydrogens is 293 g/mol. The Morgan fingerprint density at radius 3 is 2.57 bits per heavy atom. The Balaban J connectivity index is 2.88. The van der Waals surface area contributed by atoms with E-state index in [0.717, 1.165) is 12.1 Å². The Labute approximate surface area is 117 Å². The number of carbonyl (C=O) groups is 1. The summed E-state index contributed by atoms with van der Waals surface area (Å²) in [6, 6.07) is 2.14. The first-order chi connectivity index (χ1) is 9.62. The van der Waals surface area contributed by atoms with Gasteiger partial charge >= 0.3 is 12.1 Å². The number of carboxylic acids is 1. The minimum absolute atomic E-state index is 0.0782. The van der Waals surface area contributed by atoms with Crippen LogP contribution in [0.5, 0.6) is 0 Å². The number of aliphatic carboxylic acids is 1. The first kappa shape index (κ1) is 16.7. The molecule has 0 heterocycles. The van der Waals surface area contributed by atoms with Crippen LogP contribution in [-0.4, -0.2) is 22.5 Å². The lowest BCUT2D eigenvalue weighted by molar-refractivity contribution is -0.384. The molecule has 0 spiro atoms. The van der Waals surface area contributed by atoms with Crippen LogP contribution in [0.1, 0.15) is 18.9 Å². The third kappa shape index (κ3) is 4.62. The fraction of sp³-hybridized carbons (Fsp3) is 0.417. The molecule has 1 atom stereocenters. The van der Waals surface area contributed by atoms with Gasteiger partial charge in [0, 0.05) is 12.6 Å². The van der Waals surface area contributed by atoms with Gasteiger partial charge < -0.3 is 10.4 Å². The highest BCUT2D eigenvalue weighted by molar-refractivity contribution is 5.69. The van der Waals surface area contributed by atoms with Gasteiger partial charge in [0.05, 0.1) is 16.4 Å². The highest BCUT2D eigenvalue weighted by Gasteiger charge is 2.33. The summed E-state index contributed by atoms with van der Waals surface area (Å²) >= 11 is 0. The van der Waals surface area contributed by atoms with Crippen LogP contribution < -0.4 is 5.32 Å². The summed E-state index contributed by atoms with van der Waals surface area (Å²) in [5.41, 5.74) is -1.89. The number of rotatable bonds is 6. The van der Waals surface area contributed by atoms with E-state index in [-0.39, 0.29) is 18.7 Å². The SMILES string of the molecule is CC(CCNc1ccc(C(F)(F)F)cc1[N+](=O)[O-])C(=O)O. The Morgan fingerprint density at radius 2 is 2.10 bits per heavy atom. The number of halogens is 3. The molecule has 9 heteroatoms. The second-order valence-corrected chi connectivity index (χ2v) is 4.44. The number of anilines is 1. The Bertz CT molecular complexity index is 546. The van der Waals surface area contributed by atoms with Crippen LogP contribution in [0.4, 0.5) is 24.5 Å². The maximum absolute atomic E-state index is 12.5. The molecule has 0 saturated heterocycles. The van der Waals surface area contributed by atoms with Gasteiger partial charge in [0.15, 0.2) is 0 Å². The molecule has 0 saturated carbocycles. The van der Waals surface area contributed by atoms with Crippen molar-refractivity contribution < 1.29 is 28.0 Å². The first-order valence-corrected chi connectivity index (χ1v) is 5.95. The van der Waals surface area contributed by atoms with E-state index in [9.17, 15) is 28.1 Å². The molecule has 0 radical (unpaired) electrons. The van der Waals surface area contributed by atoms with E-state index in [1.165, 1.54) is 6.92 Å². The van der Waals surface area contributed by atoms with E-state index >= 15 is 0 Å². The molecule has 0 aliphatic heterocycles. The second kappa shape index (κ2) is 6.42. The molecule has 21 heavy (non-hydrogen) atoms. The van der Waals surface area contributed by atoms with Gasteiger partial charge in [-0.2, -0.15) is 13.2 Å². The van der Waals surface area contributed by atoms with Crippen molar-refractivity contribution in [3.63, 3.8) is 0 Å². The van der Waals surface area contributed by atoms with Crippen molar-refractivity contribution in [3.8, 4) is 0 Å². The number of alkyl halides is 3. The van der Waals surface area contributed by atoms with Gasteiger partial charge in [-0.25, -0.2) is 0 Å². The monoisotopic (exact) mass is 306 g/mol. The molecule has 0 bridgehead atoms. The van der Waals surface area contributed by atoms with Gasteiger partial charge in [-0.3, -0.25) is 14.9 Å². The fourth-order valence-corrected chi connectivity index (χ4v) is 1.56. The first-order valence-electron chi connectivity index (χ1n) is 5.95. The average molecular weight is 306 g/mol. The van der Waals surface area contributed by atoms with E-state index in [4.69, 9.17) is 5.11 Å². The summed E-state index contributed by atoms with van der Waals surface area (Å²) in [7, 11) is 0. The molecular formula is C12H13F3N2O4. The molecule has 1 aromatic rings. The smallest absolute Gasteiger partial charge is 0.416 e. The van der Waals surface area contributed by atoms with Crippen molar-refractivity contribution in [2.75, 3.05) is 11.9 Å². The van der Waals surface area contributed by atoms with E-state index in [2.05, 4.69) is 5.32 Å². The summed E-state index contributed by atoms with van der Waals surface area (Å²) in [5, 5.41) is 22.1. The van der Waals surface area contributed by atoms with Crippen LogP contribution in [0.15, 0.2) is 18.2 Å². The van der Waals surface area contributed by atoms with E-state index in [1.807, 2.05) is 0 Å². The predicted molar refractivity (Wildman–Crippen MR) is 68.0 cm³/mol. The summed E-state index contributed by atoms with van der Waals surface area (Å²) in [5.74, 6) is -1.68. The molecule has 1 unspecified atom stereocenters. The molecule has 1 rings (SSSR count). The van der Waals surface area contributed by atoms with Gasteiger partial charge in [0.1, 0.15) is 5.69 Å². The molecule has 0 aliphatic rings. The lowest BCUT2D eigenvalue weighted by Gasteiger charge is -2.11. The Morgan fingerprint density at radius 1 is 1.48 bits per heavy atom. The number of nitrogens with one attached hydrogen (secondary N) is 1. The number of nitrogens with zero attached hydrogens (tertiary/aromatic N) is 1. The van der Waals surface area contributed by atoms with Gasteiger partial charge in [-0.05, 0) is 18.6 Å². The summed E-state index contributed by atoms with van der Waals surface area (Å²) in [4.78, 5) is 20.5. The molecule has 116 valence electrons. The minimum Gasteiger partial charge on any atom is -0.481 e. The van der Waals surface area contributed by atoms with Gasteiger partial charge in [-0.1, -0.05) is 6.92 Å². The van der Waals surface area contributed by atoms with Crippen LogP contribution in [0.25, 0.3) is 0 Å². The van der Waals surface area contributed by atoms with Crippen molar-refractivity contribution in [1.29, 1.82) is 0 Å². The van der Waals surface area contributed by atoms with Gasteiger partial charge in [0.2, 0.25) is 0 Å². The van der Waals surface area contributed by atoms with E-state index in [1.54, 1.807) is 0 Å². The Hall–Kier alpha value is -2.32. The summed E-state index contributed by atoms with van der Waals surface area (Å²) in [6.45, 7) is 1.56. The van der Waals surface area contributed by atoms with E-state index in [0.29, 0.717) is 6.07 Å². The second-order valence-electron chi connectivity index (χ2n) is 4.44. The predicted octanol–water partition coefficient (Wildman–Crippen LogP) is 3.14. The lowest BCUT2D eigenvalue weighted by Crippen LogP contribution is -2.15. The lowest BCUT2D eigenvalue weighted by atomic mass is 10.1. The highest BCUT2D eigenvalue weighted by Crippen LogP contribution is 2.34. The Kier molecular flexibility index (Phi) is 5.12. The van der Waals surface area contributed by atoms with Crippen LogP contribution in [0.2, 0.25) is 0 Å². The highest BCUT2D eigenvalue weighted by atomic mass is 19.4. The minimum atomic E-state index is -4.67. The zero-order valence-corrected chi connectivity index (χ0v) is 11.0. The molecule has 0 aliphatic carbocycles. The van der Waals surface area contributed by atoms with Crippen molar-refractivity contribution in [2.24, 2.45) is 5.92 Å². The molecule has 0 aromatic heterocycles. The van der Waals surface area contributed by atoms with Crippen molar-refractivity contribution >= 4 is 17.3 Å². The molecule has 6 nitrogen and oxygen atoms in total. The van der Waals surface area contributed by atoms with Crippen LogP contribution in [-0.2, 0) is 11.0 Å². The van der Waals surface area contributed by atoms with Crippen molar-refractivity contribution in [1.82, 2.24) is 0 Å². The number of nitro benzene ring substituents is 1. The average Bonchev–Trinajstić information content (AvgIpc) is 2.37. The molecule has 2 N–H and O–H groups in total. The summed E-state index contributed by atoms with van der Waals surface area (Å²) < 4.78 is 37.5. The largest absolute Gasteiger partial charge is 0.481 e. The normalized spacial score (nSPS) is 12.8. The molecule has 0 amide bonds. The fourth-order valence-electron chi connectivity index (χ4n) is 1.56. The third-order valence-corrected chi connectivity index (χ3v) is 2.84. The summed E-state index contributed by atoms with van der Waals surface area (Å²) in [6.07, 6.45) is -4.48. The maximum atomic E-state index is 12.5. The topological polar surface area (TPSA) is 92.5 Å². The standard InChI is InChI=1S/C12H13F3N2O4/c1-7(11(18)19)4-5-16-9-3-2-8(12(13,14)15)6-10(9)17(20)21/h2-3,6-7,16H,4-5H2,1H3,(H,18,19). The van der Waals surface area contributed by atoms with Gasteiger partial charge in [0.25, 0.3) is 5.69 Å². The zero-order valence-electron chi connectivity index (χ0n) is 11.0. The number of nitro groups is 1. The number of carboxylic acid groups (broad SMARTS) is 1. The van der Waals surface area contributed by atoms with Crippen molar-refractivity contribution in [3.05, 3.63) is 33.9 Å².